The summed E-state index contributed by atoms with van der Waals surface area (Å²) in [6.45, 7) is 3.51. The Morgan fingerprint density at radius 2 is 2.04 bits per heavy atom. The molecular weight excluding hydrogens is 324 g/mol. The van der Waals surface area contributed by atoms with Crippen molar-refractivity contribution in [2.24, 2.45) is 0 Å². The topological polar surface area (TPSA) is 65.5 Å². The standard InChI is InChI=1S/C17H22N4O2S/c1-12(22)21-9-7-13(8-10-21)18-17(23)20(2)11-16-19-14-5-3-4-6-15(14)24-16/h3-6,13H,7-11H2,1-2H3,(H,18,23). The van der Waals surface area contributed by atoms with Gasteiger partial charge in [0.15, 0.2) is 0 Å². The van der Waals surface area contributed by atoms with Crippen LogP contribution in [-0.2, 0) is 11.3 Å². The second kappa shape index (κ2) is 7.17. The van der Waals surface area contributed by atoms with Crippen molar-refractivity contribution in [1.29, 1.82) is 0 Å². The number of aromatic nitrogens is 1. The Hall–Kier alpha value is -2.15. The summed E-state index contributed by atoms with van der Waals surface area (Å²) in [7, 11) is 1.78. The number of para-hydroxylation sites is 1. The molecule has 1 aromatic carbocycles. The van der Waals surface area contributed by atoms with E-state index in [1.54, 1.807) is 30.2 Å². The number of hydrogen-bond acceptors (Lipinski definition) is 4. The lowest BCUT2D eigenvalue weighted by atomic mass is 10.1. The van der Waals surface area contributed by atoms with Crippen molar-refractivity contribution in [3.8, 4) is 0 Å². The van der Waals surface area contributed by atoms with Crippen LogP contribution in [0.25, 0.3) is 10.2 Å². The van der Waals surface area contributed by atoms with E-state index in [0.717, 1.165) is 28.1 Å². The number of rotatable bonds is 3. The zero-order chi connectivity index (χ0) is 17.1. The fourth-order valence-electron chi connectivity index (χ4n) is 2.89. The van der Waals surface area contributed by atoms with Crippen molar-refractivity contribution >= 4 is 33.5 Å². The van der Waals surface area contributed by atoms with Crippen molar-refractivity contribution < 1.29 is 9.59 Å². The molecule has 3 rings (SSSR count). The smallest absolute Gasteiger partial charge is 0.317 e. The van der Waals surface area contributed by atoms with Crippen LogP contribution in [-0.4, -0.2) is 52.9 Å². The molecular formula is C17H22N4O2S. The molecule has 6 nitrogen and oxygen atoms in total. The van der Waals surface area contributed by atoms with Crippen molar-refractivity contribution in [3.05, 3.63) is 29.3 Å². The molecule has 2 aromatic rings. The normalized spacial score (nSPS) is 15.5. The highest BCUT2D eigenvalue weighted by Crippen LogP contribution is 2.22. The Balaban J connectivity index is 1.52. The largest absolute Gasteiger partial charge is 0.343 e. The van der Waals surface area contributed by atoms with Gasteiger partial charge in [-0.1, -0.05) is 12.1 Å². The summed E-state index contributed by atoms with van der Waals surface area (Å²) in [6.07, 6.45) is 1.61. The van der Waals surface area contributed by atoms with Crippen molar-refractivity contribution in [2.45, 2.75) is 32.4 Å². The van der Waals surface area contributed by atoms with Crippen LogP contribution in [0, 0.1) is 0 Å². The molecule has 3 amide bonds. The summed E-state index contributed by atoms with van der Waals surface area (Å²) in [5.74, 6) is 0.104. The summed E-state index contributed by atoms with van der Waals surface area (Å²) >= 11 is 1.62. The zero-order valence-electron chi connectivity index (χ0n) is 14.0. The third-order valence-corrected chi connectivity index (χ3v) is 5.35. The molecule has 1 fully saturated rings. The molecule has 2 heterocycles. The monoisotopic (exact) mass is 346 g/mol. The fourth-order valence-corrected chi connectivity index (χ4v) is 3.91. The molecule has 0 unspecified atom stereocenters. The van der Waals surface area contributed by atoms with Crippen LogP contribution >= 0.6 is 11.3 Å². The van der Waals surface area contributed by atoms with Gasteiger partial charge in [0.2, 0.25) is 5.91 Å². The maximum absolute atomic E-state index is 12.4. The van der Waals surface area contributed by atoms with Gasteiger partial charge in [0.1, 0.15) is 5.01 Å². The lowest BCUT2D eigenvalue weighted by molar-refractivity contribution is -0.129. The highest BCUT2D eigenvalue weighted by atomic mass is 32.1. The van der Waals surface area contributed by atoms with Crippen molar-refractivity contribution in [1.82, 2.24) is 20.1 Å². The van der Waals surface area contributed by atoms with Crippen LogP contribution in [0.3, 0.4) is 0 Å². The van der Waals surface area contributed by atoms with Gasteiger partial charge < -0.3 is 15.1 Å². The van der Waals surface area contributed by atoms with E-state index in [2.05, 4.69) is 10.3 Å². The van der Waals surface area contributed by atoms with Crippen LogP contribution in [0.5, 0.6) is 0 Å². The quantitative estimate of drug-likeness (QED) is 0.928. The molecule has 0 radical (unpaired) electrons. The molecule has 128 valence electrons. The second-order valence-corrected chi connectivity index (χ2v) is 7.28. The van der Waals surface area contributed by atoms with Gasteiger partial charge in [0.05, 0.1) is 16.8 Å². The Bertz CT molecular complexity index is 704. The molecule has 0 aliphatic carbocycles. The lowest BCUT2D eigenvalue weighted by Gasteiger charge is -2.32. The molecule has 1 N–H and O–H groups in total. The highest BCUT2D eigenvalue weighted by Gasteiger charge is 2.23. The van der Waals surface area contributed by atoms with Gasteiger partial charge in [-0.15, -0.1) is 11.3 Å². The molecule has 0 bridgehead atoms. The predicted molar refractivity (Wildman–Crippen MR) is 94.9 cm³/mol. The van der Waals surface area contributed by atoms with Gasteiger partial charge >= 0.3 is 6.03 Å². The summed E-state index contributed by atoms with van der Waals surface area (Å²) in [5, 5.41) is 3.99. The maximum atomic E-state index is 12.4. The average Bonchev–Trinajstić information content (AvgIpc) is 2.97. The summed E-state index contributed by atoms with van der Waals surface area (Å²) in [6, 6.07) is 8.03. The molecule has 0 spiro atoms. The number of carbonyl (C=O) groups is 2. The van der Waals surface area contributed by atoms with Crippen LogP contribution in [0.4, 0.5) is 4.79 Å². The average molecular weight is 346 g/mol. The van der Waals surface area contributed by atoms with E-state index in [-0.39, 0.29) is 18.0 Å². The van der Waals surface area contributed by atoms with E-state index in [1.165, 1.54) is 0 Å². The van der Waals surface area contributed by atoms with Crippen molar-refractivity contribution in [2.75, 3.05) is 20.1 Å². The number of likely N-dealkylation sites (tertiary alicyclic amines) is 1. The maximum Gasteiger partial charge on any atom is 0.317 e. The van der Waals surface area contributed by atoms with Gasteiger partial charge in [0.25, 0.3) is 0 Å². The summed E-state index contributed by atoms with van der Waals surface area (Å²) in [4.78, 5) is 31.7. The van der Waals surface area contributed by atoms with Crippen LogP contribution in [0.2, 0.25) is 0 Å². The lowest BCUT2D eigenvalue weighted by Crippen LogP contribution is -2.48. The molecule has 1 saturated heterocycles. The fraction of sp³-hybridized carbons (Fsp3) is 0.471. The number of fused-ring (bicyclic) bond motifs is 1. The Labute approximate surface area is 145 Å². The highest BCUT2D eigenvalue weighted by molar-refractivity contribution is 7.18. The van der Waals surface area contributed by atoms with Gasteiger partial charge in [-0.3, -0.25) is 4.79 Å². The third-order valence-electron chi connectivity index (χ3n) is 4.33. The number of carbonyl (C=O) groups excluding carboxylic acids is 2. The molecule has 7 heteroatoms. The first-order valence-electron chi connectivity index (χ1n) is 8.14. The van der Waals surface area contributed by atoms with Gasteiger partial charge in [-0.05, 0) is 25.0 Å². The first-order chi connectivity index (χ1) is 11.5. The second-order valence-electron chi connectivity index (χ2n) is 6.16. The molecule has 0 saturated carbocycles. The Morgan fingerprint density at radius 1 is 1.33 bits per heavy atom. The Kier molecular flexibility index (Phi) is 4.99. The number of piperidine rings is 1. The van der Waals surface area contributed by atoms with E-state index < -0.39 is 0 Å². The Morgan fingerprint density at radius 3 is 2.71 bits per heavy atom. The number of amides is 3. The zero-order valence-corrected chi connectivity index (χ0v) is 14.8. The van der Waals surface area contributed by atoms with Gasteiger partial charge in [0, 0.05) is 33.1 Å². The molecule has 1 aliphatic rings. The molecule has 1 aromatic heterocycles. The van der Waals surface area contributed by atoms with Crippen molar-refractivity contribution in [3.63, 3.8) is 0 Å². The van der Waals surface area contributed by atoms with Crippen LogP contribution in [0.15, 0.2) is 24.3 Å². The first kappa shape index (κ1) is 16.7. The minimum absolute atomic E-state index is 0.0875. The van der Waals surface area contributed by atoms with Crippen LogP contribution in [0.1, 0.15) is 24.8 Å². The molecule has 1 aliphatic heterocycles. The first-order valence-corrected chi connectivity index (χ1v) is 8.96. The number of nitrogens with zero attached hydrogens (tertiary/aromatic N) is 3. The number of nitrogens with one attached hydrogen (secondary N) is 1. The number of thiazole rings is 1. The van der Waals surface area contributed by atoms with Gasteiger partial charge in [-0.2, -0.15) is 0 Å². The molecule has 0 atom stereocenters. The van der Waals surface area contributed by atoms with Gasteiger partial charge in [-0.25, -0.2) is 9.78 Å². The van der Waals surface area contributed by atoms with E-state index >= 15 is 0 Å². The van der Waals surface area contributed by atoms with Crippen LogP contribution < -0.4 is 5.32 Å². The van der Waals surface area contributed by atoms with E-state index in [4.69, 9.17) is 0 Å². The third kappa shape index (κ3) is 3.84. The van der Waals surface area contributed by atoms with E-state index in [0.29, 0.717) is 19.6 Å². The number of hydrogen-bond donors (Lipinski definition) is 1. The minimum Gasteiger partial charge on any atom is -0.343 e. The minimum atomic E-state index is -0.0875. The predicted octanol–water partition coefficient (Wildman–Crippen LogP) is 2.45. The van der Waals surface area contributed by atoms with E-state index in [9.17, 15) is 9.59 Å². The SMILES string of the molecule is CC(=O)N1CCC(NC(=O)N(C)Cc2nc3ccccc3s2)CC1. The van der Waals surface area contributed by atoms with E-state index in [1.807, 2.05) is 29.2 Å². The summed E-state index contributed by atoms with van der Waals surface area (Å²) in [5.41, 5.74) is 0.975. The number of benzene rings is 1. The molecule has 24 heavy (non-hydrogen) atoms. The summed E-state index contributed by atoms with van der Waals surface area (Å²) < 4.78 is 1.14. The number of urea groups is 1.